The van der Waals surface area contributed by atoms with E-state index in [1.807, 2.05) is 17.9 Å². The van der Waals surface area contributed by atoms with Gasteiger partial charge in [0.05, 0.1) is 0 Å². The molecule has 2 saturated heterocycles. The molecule has 28 heavy (non-hydrogen) atoms. The highest BCUT2D eigenvalue weighted by atomic mass is 16.5. The molecule has 5 rings (SSSR count). The minimum absolute atomic E-state index is 0.0433. The monoisotopic (exact) mass is 382 g/mol. The van der Waals surface area contributed by atoms with Gasteiger partial charge in [0, 0.05) is 63.0 Å². The van der Waals surface area contributed by atoms with E-state index < -0.39 is 0 Å². The molecule has 0 unspecified atom stereocenters. The maximum absolute atomic E-state index is 12.7. The Balaban J connectivity index is 1.24. The van der Waals surface area contributed by atoms with Gasteiger partial charge in [0.1, 0.15) is 11.6 Å². The van der Waals surface area contributed by atoms with Gasteiger partial charge in [-0.15, -0.1) is 0 Å². The van der Waals surface area contributed by atoms with E-state index in [9.17, 15) is 4.79 Å². The molecule has 3 fully saturated rings. The van der Waals surface area contributed by atoms with Crippen LogP contribution >= 0.6 is 0 Å². The number of amides is 1. The third-order valence-electron chi connectivity index (χ3n) is 5.84. The molecule has 0 aromatic carbocycles. The molecule has 0 spiro atoms. The Morgan fingerprint density at radius 3 is 2.46 bits per heavy atom. The number of hydrogen-bond donors (Lipinski definition) is 0. The van der Waals surface area contributed by atoms with E-state index >= 15 is 0 Å². The van der Waals surface area contributed by atoms with Gasteiger partial charge in [-0.05, 0) is 32.6 Å². The zero-order valence-electron chi connectivity index (χ0n) is 16.3. The first kappa shape index (κ1) is 17.5. The second-order valence-corrected chi connectivity index (χ2v) is 8.03. The lowest BCUT2D eigenvalue weighted by atomic mass is 10.2. The molecule has 1 amide bonds. The van der Waals surface area contributed by atoms with E-state index in [1.54, 1.807) is 0 Å². The molecule has 4 heterocycles. The van der Waals surface area contributed by atoms with E-state index in [1.165, 1.54) is 12.8 Å². The Labute approximate surface area is 164 Å². The molecule has 3 aliphatic rings. The Kier molecular flexibility index (Phi) is 4.41. The maximum atomic E-state index is 12.7. The van der Waals surface area contributed by atoms with E-state index in [2.05, 4.69) is 26.0 Å². The van der Waals surface area contributed by atoms with Gasteiger partial charge < -0.3 is 19.2 Å². The molecule has 0 radical (unpaired) electrons. The van der Waals surface area contributed by atoms with Crippen LogP contribution in [0.4, 0.5) is 11.8 Å². The van der Waals surface area contributed by atoms with Gasteiger partial charge in [0.25, 0.3) is 5.91 Å². The molecule has 2 aromatic rings. The average Bonchev–Trinajstić information content (AvgIpc) is 3.21. The van der Waals surface area contributed by atoms with Crippen LogP contribution in [-0.4, -0.2) is 65.2 Å². The van der Waals surface area contributed by atoms with Crippen LogP contribution in [0.5, 0.6) is 0 Å². The first-order valence-corrected chi connectivity index (χ1v) is 10.3. The van der Waals surface area contributed by atoms with Crippen molar-refractivity contribution < 1.29 is 9.32 Å². The van der Waals surface area contributed by atoms with Crippen molar-refractivity contribution in [3.8, 4) is 0 Å². The van der Waals surface area contributed by atoms with Gasteiger partial charge in [0.2, 0.25) is 5.95 Å². The quantitative estimate of drug-likeness (QED) is 0.802. The minimum atomic E-state index is -0.0433. The fourth-order valence-corrected chi connectivity index (χ4v) is 4.01. The highest BCUT2D eigenvalue weighted by Gasteiger charge is 2.31. The number of rotatable bonds is 4. The van der Waals surface area contributed by atoms with Crippen molar-refractivity contribution >= 4 is 17.7 Å². The summed E-state index contributed by atoms with van der Waals surface area (Å²) in [7, 11) is 0. The molecule has 8 heteroatoms. The highest BCUT2D eigenvalue weighted by Crippen LogP contribution is 2.40. The SMILES string of the molecule is Cc1cc(N2CCCC2)nc(N2CCN(C(=O)c3cc(C4CC4)on3)CC2)n1. The summed E-state index contributed by atoms with van der Waals surface area (Å²) < 4.78 is 5.33. The van der Waals surface area contributed by atoms with Gasteiger partial charge in [-0.25, -0.2) is 4.98 Å². The number of hydrogen-bond acceptors (Lipinski definition) is 7. The second kappa shape index (κ2) is 7.07. The van der Waals surface area contributed by atoms with Gasteiger partial charge in [0.15, 0.2) is 5.69 Å². The van der Waals surface area contributed by atoms with Crippen LogP contribution in [0.25, 0.3) is 0 Å². The molecule has 1 aliphatic carbocycles. The Morgan fingerprint density at radius 1 is 1.00 bits per heavy atom. The number of carbonyl (C=O) groups is 1. The van der Waals surface area contributed by atoms with Crippen molar-refractivity contribution in [2.24, 2.45) is 0 Å². The van der Waals surface area contributed by atoms with E-state index in [4.69, 9.17) is 9.51 Å². The van der Waals surface area contributed by atoms with E-state index in [0.717, 1.165) is 62.2 Å². The summed E-state index contributed by atoms with van der Waals surface area (Å²) in [5, 5.41) is 3.99. The van der Waals surface area contributed by atoms with Gasteiger partial charge in [-0.2, -0.15) is 4.98 Å². The fraction of sp³-hybridized carbons (Fsp3) is 0.600. The lowest BCUT2D eigenvalue weighted by molar-refractivity contribution is 0.0735. The van der Waals surface area contributed by atoms with E-state index in [-0.39, 0.29) is 5.91 Å². The lowest BCUT2D eigenvalue weighted by Crippen LogP contribution is -2.49. The van der Waals surface area contributed by atoms with Crippen LogP contribution in [0.3, 0.4) is 0 Å². The number of carbonyl (C=O) groups excluding carboxylic acids is 1. The predicted molar refractivity (Wildman–Crippen MR) is 105 cm³/mol. The van der Waals surface area contributed by atoms with Crippen LogP contribution in [-0.2, 0) is 0 Å². The molecule has 148 valence electrons. The zero-order valence-corrected chi connectivity index (χ0v) is 16.3. The Hall–Kier alpha value is -2.64. The van der Waals surface area contributed by atoms with Crippen LogP contribution < -0.4 is 9.80 Å². The van der Waals surface area contributed by atoms with Crippen molar-refractivity contribution in [3.63, 3.8) is 0 Å². The number of anilines is 2. The molecular formula is C20H26N6O2. The van der Waals surface area contributed by atoms with E-state index in [0.29, 0.717) is 24.7 Å². The highest BCUT2D eigenvalue weighted by molar-refractivity contribution is 5.92. The maximum Gasteiger partial charge on any atom is 0.276 e. The number of aromatic nitrogens is 3. The van der Waals surface area contributed by atoms with Crippen molar-refractivity contribution in [1.29, 1.82) is 0 Å². The van der Waals surface area contributed by atoms with Crippen LogP contribution in [0.1, 0.15) is 53.5 Å². The van der Waals surface area contributed by atoms with Crippen molar-refractivity contribution in [2.75, 3.05) is 49.1 Å². The largest absolute Gasteiger partial charge is 0.360 e. The molecular weight excluding hydrogens is 356 g/mol. The molecule has 1 saturated carbocycles. The average molecular weight is 382 g/mol. The second-order valence-electron chi connectivity index (χ2n) is 8.03. The normalized spacial score (nSPS) is 20.1. The molecule has 0 bridgehead atoms. The van der Waals surface area contributed by atoms with Crippen molar-refractivity contribution in [1.82, 2.24) is 20.0 Å². The Bertz CT molecular complexity index is 863. The first-order chi connectivity index (χ1) is 13.7. The standard InChI is InChI=1S/C20H26N6O2/c1-14-12-18(24-6-2-3-7-24)22-20(21-14)26-10-8-25(9-11-26)19(27)16-13-17(28-23-16)15-4-5-15/h12-13,15H,2-11H2,1H3. The van der Waals surface area contributed by atoms with Gasteiger partial charge >= 0.3 is 0 Å². The summed E-state index contributed by atoms with van der Waals surface area (Å²) in [5.41, 5.74) is 1.42. The summed E-state index contributed by atoms with van der Waals surface area (Å²) in [6.45, 7) is 6.88. The Morgan fingerprint density at radius 2 is 1.75 bits per heavy atom. The summed E-state index contributed by atoms with van der Waals surface area (Å²) in [4.78, 5) is 28.5. The number of piperazine rings is 1. The molecule has 2 aliphatic heterocycles. The van der Waals surface area contributed by atoms with Crippen molar-refractivity contribution in [3.05, 3.63) is 29.3 Å². The fourth-order valence-electron chi connectivity index (χ4n) is 4.01. The smallest absolute Gasteiger partial charge is 0.276 e. The third kappa shape index (κ3) is 3.43. The summed E-state index contributed by atoms with van der Waals surface area (Å²) in [6.07, 6.45) is 4.72. The summed E-state index contributed by atoms with van der Waals surface area (Å²) >= 11 is 0. The van der Waals surface area contributed by atoms with Crippen molar-refractivity contribution in [2.45, 2.75) is 38.5 Å². The molecule has 8 nitrogen and oxygen atoms in total. The predicted octanol–water partition coefficient (Wildman–Crippen LogP) is 2.21. The zero-order chi connectivity index (χ0) is 19.1. The number of aryl methyl sites for hydroxylation is 1. The molecule has 2 aromatic heterocycles. The van der Waals surface area contributed by atoms with Gasteiger partial charge in [-0.1, -0.05) is 5.16 Å². The third-order valence-corrected chi connectivity index (χ3v) is 5.84. The van der Waals surface area contributed by atoms with Crippen LogP contribution in [0, 0.1) is 6.92 Å². The minimum Gasteiger partial charge on any atom is -0.360 e. The van der Waals surface area contributed by atoms with Crippen LogP contribution in [0.2, 0.25) is 0 Å². The lowest BCUT2D eigenvalue weighted by Gasteiger charge is -2.34. The summed E-state index contributed by atoms with van der Waals surface area (Å²) in [6, 6.07) is 3.88. The molecule has 0 atom stereocenters. The van der Waals surface area contributed by atoms with Crippen LogP contribution in [0.15, 0.2) is 16.7 Å². The first-order valence-electron chi connectivity index (χ1n) is 10.3. The molecule has 0 N–H and O–H groups in total. The topological polar surface area (TPSA) is 78.6 Å². The number of nitrogens with zero attached hydrogens (tertiary/aromatic N) is 6. The summed E-state index contributed by atoms with van der Waals surface area (Å²) in [5.74, 6) is 3.07. The van der Waals surface area contributed by atoms with Gasteiger partial charge in [-0.3, -0.25) is 4.79 Å².